The second kappa shape index (κ2) is 7.88. The molecule has 0 radical (unpaired) electrons. The van der Waals surface area contributed by atoms with Crippen molar-refractivity contribution in [3.63, 3.8) is 0 Å². The maximum absolute atomic E-state index is 14.0. The Kier molecular flexibility index (Phi) is 6.05. The van der Waals surface area contributed by atoms with Crippen molar-refractivity contribution < 1.29 is 28.2 Å². The van der Waals surface area contributed by atoms with Gasteiger partial charge in [-0.1, -0.05) is 6.07 Å². The number of phenols is 1. The van der Waals surface area contributed by atoms with Crippen molar-refractivity contribution in [2.45, 2.75) is 51.4 Å². The molecule has 1 aromatic carbocycles. The number of alkyl halides is 1. The highest BCUT2D eigenvalue weighted by Gasteiger charge is 2.34. The number of ether oxygens (including phenoxy) is 1. The van der Waals surface area contributed by atoms with Crippen LogP contribution in [0.3, 0.4) is 0 Å². The molecule has 2 amide bonds. The number of amides is 2. The van der Waals surface area contributed by atoms with Gasteiger partial charge in [0.15, 0.2) is 6.10 Å². The maximum atomic E-state index is 14.0. The van der Waals surface area contributed by atoms with Gasteiger partial charge in [0, 0.05) is 24.6 Å². The summed E-state index contributed by atoms with van der Waals surface area (Å²) in [5, 5.41) is 11.9. The molecule has 1 aliphatic rings. The van der Waals surface area contributed by atoms with Crippen LogP contribution in [0.5, 0.6) is 5.75 Å². The first-order valence-electron chi connectivity index (χ1n) is 8.44. The van der Waals surface area contributed by atoms with Gasteiger partial charge in [-0.05, 0) is 38.8 Å². The Labute approximate surface area is 151 Å². The van der Waals surface area contributed by atoms with E-state index in [0.29, 0.717) is 0 Å². The van der Waals surface area contributed by atoms with Crippen LogP contribution in [-0.2, 0) is 16.0 Å². The zero-order chi connectivity index (χ0) is 19.5. The molecule has 8 heteroatoms. The smallest absolute Gasteiger partial charge is 0.408 e. The monoisotopic (exact) mass is 370 g/mol. The second-order valence-electron chi connectivity index (χ2n) is 7.42. The number of carbonyl (C=O) groups is 2. The van der Waals surface area contributed by atoms with E-state index in [0.717, 1.165) is 6.07 Å². The van der Waals surface area contributed by atoms with E-state index in [1.165, 1.54) is 17.0 Å². The van der Waals surface area contributed by atoms with Crippen molar-refractivity contribution in [1.82, 2.24) is 10.2 Å². The Morgan fingerprint density at radius 1 is 1.42 bits per heavy atom. The predicted molar refractivity (Wildman–Crippen MR) is 91.0 cm³/mol. The number of benzene rings is 1. The lowest BCUT2D eigenvalue weighted by molar-refractivity contribution is -0.139. The molecule has 0 bridgehead atoms. The lowest BCUT2D eigenvalue weighted by atomic mass is 10.1. The fraction of sp³-hybridized carbons (Fsp3) is 0.556. The molecule has 26 heavy (non-hydrogen) atoms. The van der Waals surface area contributed by atoms with Crippen molar-refractivity contribution >= 4 is 12.0 Å². The molecule has 2 N–H and O–H groups in total. The van der Waals surface area contributed by atoms with E-state index in [2.05, 4.69) is 5.32 Å². The molecule has 1 aromatic rings. The van der Waals surface area contributed by atoms with Crippen LogP contribution in [0.15, 0.2) is 18.2 Å². The third-order valence-electron chi connectivity index (χ3n) is 3.89. The van der Waals surface area contributed by atoms with Crippen LogP contribution < -0.4 is 5.32 Å². The van der Waals surface area contributed by atoms with Gasteiger partial charge in [0.25, 0.3) is 5.91 Å². The molecule has 0 aromatic heterocycles. The maximum Gasteiger partial charge on any atom is 0.408 e. The Morgan fingerprint density at radius 2 is 2.12 bits per heavy atom. The standard InChI is InChI=1S/C18H24F2N2O4/c1-18(2,3)21-17(25)26-15(16(24)22-7-6-12(19)10-22)8-11-4-5-13(23)9-14(11)20/h4-5,9,12,15,23H,6-8,10H2,1-3H3,(H,21,25). The molecule has 2 rings (SSSR count). The number of nitrogens with zero attached hydrogens (tertiary/aromatic N) is 1. The van der Waals surface area contributed by atoms with Crippen LogP contribution in [0.1, 0.15) is 32.8 Å². The fourth-order valence-corrected chi connectivity index (χ4v) is 2.67. The number of aromatic hydroxyl groups is 1. The van der Waals surface area contributed by atoms with Crippen molar-refractivity contribution in [3.8, 4) is 5.75 Å². The average Bonchev–Trinajstić information content (AvgIpc) is 2.93. The molecule has 1 saturated heterocycles. The van der Waals surface area contributed by atoms with Crippen LogP contribution >= 0.6 is 0 Å². The zero-order valence-electron chi connectivity index (χ0n) is 15.1. The van der Waals surface area contributed by atoms with Crippen molar-refractivity contribution in [1.29, 1.82) is 0 Å². The van der Waals surface area contributed by atoms with Gasteiger partial charge < -0.3 is 20.1 Å². The summed E-state index contributed by atoms with van der Waals surface area (Å²) in [6, 6.07) is 3.51. The first kappa shape index (κ1) is 19.9. The molecule has 0 aliphatic carbocycles. The van der Waals surface area contributed by atoms with Gasteiger partial charge >= 0.3 is 6.09 Å². The highest BCUT2D eigenvalue weighted by Crippen LogP contribution is 2.20. The second-order valence-corrected chi connectivity index (χ2v) is 7.42. The molecule has 0 saturated carbocycles. The molecule has 2 atom stereocenters. The number of carbonyl (C=O) groups excluding carboxylic acids is 2. The molecule has 1 fully saturated rings. The van der Waals surface area contributed by atoms with E-state index in [4.69, 9.17) is 4.74 Å². The van der Waals surface area contributed by atoms with E-state index in [1.807, 2.05) is 0 Å². The lowest BCUT2D eigenvalue weighted by Gasteiger charge is -2.26. The molecule has 1 aliphatic heterocycles. The quantitative estimate of drug-likeness (QED) is 0.854. The summed E-state index contributed by atoms with van der Waals surface area (Å²) in [4.78, 5) is 26.0. The van der Waals surface area contributed by atoms with E-state index in [9.17, 15) is 23.5 Å². The van der Waals surface area contributed by atoms with Crippen LogP contribution in [0.2, 0.25) is 0 Å². The predicted octanol–water partition coefficient (Wildman–Crippen LogP) is 2.54. The highest BCUT2D eigenvalue weighted by molar-refractivity contribution is 5.84. The molecule has 0 spiro atoms. The van der Waals surface area contributed by atoms with Crippen molar-refractivity contribution in [3.05, 3.63) is 29.6 Å². The van der Waals surface area contributed by atoms with Gasteiger partial charge in [-0.25, -0.2) is 13.6 Å². The van der Waals surface area contributed by atoms with Gasteiger partial charge in [-0.15, -0.1) is 0 Å². The number of phenolic OH excluding ortho intramolecular Hbond substituents is 1. The van der Waals surface area contributed by atoms with Gasteiger partial charge in [-0.2, -0.15) is 0 Å². The minimum Gasteiger partial charge on any atom is -0.508 e. The number of hydrogen-bond donors (Lipinski definition) is 2. The minimum absolute atomic E-state index is 0.0718. The number of alkyl carbamates (subject to hydrolysis) is 1. The normalized spacial score (nSPS) is 18.5. The lowest BCUT2D eigenvalue weighted by Crippen LogP contribution is -2.47. The van der Waals surface area contributed by atoms with Crippen LogP contribution in [-0.4, -0.2) is 52.9 Å². The third kappa shape index (κ3) is 5.57. The van der Waals surface area contributed by atoms with Crippen LogP contribution in [0.4, 0.5) is 13.6 Å². The third-order valence-corrected chi connectivity index (χ3v) is 3.89. The number of hydrogen-bond acceptors (Lipinski definition) is 4. The summed E-state index contributed by atoms with van der Waals surface area (Å²) in [6.45, 7) is 5.40. The SMILES string of the molecule is CC(C)(C)NC(=O)OC(Cc1ccc(O)cc1F)C(=O)N1CCC(F)C1. The Balaban J connectivity index is 2.17. The first-order valence-corrected chi connectivity index (χ1v) is 8.44. The molecule has 144 valence electrons. The van der Waals surface area contributed by atoms with Crippen molar-refractivity contribution in [2.24, 2.45) is 0 Å². The van der Waals surface area contributed by atoms with Crippen molar-refractivity contribution in [2.75, 3.05) is 13.1 Å². The number of nitrogens with one attached hydrogen (secondary N) is 1. The number of halogens is 2. The number of rotatable bonds is 4. The molecule has 1 heterocycles. The van der Waals surface area contributed by atoms with Gasteiger partial charge in [0.05, 0.1) is 6.54 Å². The van der Waals surface area contributed by atoms with Gasteiger partial charge in [0.1, 0.15) is 17.7 Å². The largest absolute Gasteiger partial charge is 0.508 e. The fourth-order valence-electron chi connectivity index (χ4n) is 2.67. The molecular weight excluding hydrogens is 346 g/mol. The summed E-state index contributed by atoms with van der Waals surface area (Å²) in [7, 11) is 0. The summed E-state index contributed by atoms with van der Waals surface area (Å²) >= 11 is 0. The summed E-state index contributed by atoms with van der Waals surface area (Å²) in [5.41, 5.74) is -0.465. The first-order chi connectivity index (χ1) is 12.0. The van der Waals surface area contributed by atoms with E-state index in [-0.39, 0.29) is 37.2 Å². The zero-order valence-corrected chi connectivity index (χ0v) is 15.1. The summed E-state index contributed by atoms with van der Waals surface area (Å²) < 4.78 is 32.7. The Morgan fingerprint density at radius 3 is 2.65 bits per heavy atom. The minimum atomic E-state index is -1.29. The average molecular weight is 370 g/mol. The molecule has 2 unspecified atom stereocenters. The topological polar surface area (TPSA) is 78.9 Å². The summed E-state index contributed by atoms with van der Waals surface area (Å²) in [5.74, 6) is -1.53. The van der Waals surface area contributed by atoms with Gasteiger partial charge in [-0.3, -0.25) is 4.79 Å². The highest BCUT2D eigenvalue weighted by atomic mass is 19.1. The van der Waals surface area contributed by atoms with Gasteiger partial charge in [0.2, 0.25) is 0 Å². The van der Waals surface area contributed by atoms with E-state index < -0.39 is 35.6 Å². The molecule has 6 nitrogen and oxygen atoms in total. The molecular formula is C18H24F2N2O4. The summed E-state index contributed by atoms with van der Waals surface area (Å²) in [6.07, 6.45) is -3.21. The van der Waals surface area contributed by atoms with E-state index in [1.54, 1.807) is 20.8 Å². The van der Waals surface area contributed by atoms with E-state index >= 15 is 0 Å². The Hall–Kier alpha value is -2.38. The number of likely N-dealkylation sites (tertiary alicyclic amines) is 1. The van der Waals surface area contributed by atoms with Crippen LogP contribution in [0, 0.1) is 5.82 Å². The van der Waals surface area contributed by atoms with Crippen LogP contribution in [0.25, 0.3) is 0 Å². The Bertz CT molecular complexity index is 676.